The summed E-state index contributed by atoms with van der Waals surface area (Å²) in [6, 6.07) is 0. The molecule has 1 amide bonds. The summed E-state index contributed by atoms with van der Waals surface area (Å²) in [5.74, 6) is 0.209. The fourth-order valence-electron chi connectivity index (χ4n) is 2.36. The number of nitrogens with zero attached hydrogens (tertiary/aromatic N) is 3. The van der Waals surface area contributed by atoms with Gasteiger partial charge in [-0.1, -0.05) is 6.92 Å². The number of carbonyl (C=O) groups is 1. The Morgan fingerprint density at radius 1 is 1.50 bits per heavy atom. The Bertz CT molecular complexity index is 438. The van der Waals surface area contributed by atoms with Crippen LogP contribution in [0.5, 0.6) is 0 Å². The average Bonchev–Trinajstić information content (AvgIpc) is 2.94. The third kappa shape index (κ3) is 4.65. The SMILES string of the molecule is Cc1cnn(CCC(=O)N2CCC(C)(CN)C2)c1.Cl.Cl. The molecule has 2 rings (SSSR count). The van der Waals surface area contributed by atoms with E-state index in [9.17, 15) is 4.79 Å². The molecule has 0 radical (unpaired) electrons. The summed E-state index contributed by atoms with van der Waals surface area (Å²) in [4.78, 5) is 14.0. The van der Waals surface area contributed by atoms with Gasteiger partial charge in [0.1, 0.15) is 0 Å². The molecular weight excluding hydrogens is 299 g/mol. The summed E-state index contributed by atoms with van der Waals surface area (Å²) in [5.41, 5.74) is 6.98. The first kappa shape index (κ1) is 19.2. The molecule has 0 bridgehead atoms. The third-order valence-electron chi connectivity index (χ3n) is 3.72. The van der Waals surface area contributed by atoms with Crippen molar-refractivity contribution in [2.24, 2.45) is 11.1 Å². The maximum absolute atomic E-state index is 12.1. The summed E-state index contributed by atoms with van der Waals surface area (Å²) in [5, 5.41) is 4.19. The molecule has 1 aliphatic rings. The van der Waals surface area contributed by atoms with Crippen molar-refractivity contribution in [1.82, 2.24) is 14.7 Å². The lowest BCUT2D eigenvalue weighted by Crippen LogP contribution is -2.34. The first-order chi connectivity index (χ1) is 8.52. The predicted molar refractivity (Wildman–Crippen MR) is 84.4 cm³/mol. The Morgan fingerprint density at radius 3 is 2.70 bits per heavy atom. The Morgan fingerprint density at radius 2 is 2.20 bits per heavy atom. The van der Waals surface area contributed by atoms with Gasteiger partial charge in [-0.05, 0) is 30.9 Å². The number of likely N-dealkylation sites (tertiary alicyclic amines) is 1. The van der Waals surface area contributed by atoms with E-state index in [2.05, 4.69) is 12.0 Å². The monoisotopic (exact) mass is 322 g/mol. The number of hydrogen-bond donors (Lipinski definition) is 1. The van der Waals surface area contributed by atoms with Crippen LogP contribution in [0.15, 0.2) is 12.4 Å². The summed E-state index contributed by atoms with van der Waals surface area (Å²) in [6.45, 7) is 7.08. The zero-order chi connectivity index (χ0) is 13.2. The van der Waals surface area contributed by atoms with Gasteiger partial charge < -0.3 is 10.6 Å². The van der Waals surface area contributed by atoms with Crippen LogP contribution in [-0.4, -0.2) is 40.2 Å². The maximum Gasteiger partial charge on any atom is 0.224 e. The van der Waals surface area contributed by atoms with Gasteiger partial charge in [0.25, 0.3) is 0 Å². The second kappa shape index (κ2) is 7.86. The van der Waals surface area contributed by atoms with Crippen molar-refractivity contribution >= 4 is 30.7 Å². The van der Waals surface area contributed by atoms with Crippen LogP contribution in [0.25, 0.3) is 0 Å². The van der Waals surface area contributed by atoms with Crippen molar-refractivity contribution in [3.63, 3.8) is 0 Å². The molecular formula is C13H24Cl2N4O. The van der Waals surface area contributed by atoms with Crippen LogP contribution in [0, 0.1) is 12.3 Å². The molecule has 1 aromatic heterocycles. The molecule has 1 aliphatic heterocycles. The number of amides is 1. The molecule has 1 saturated heterocycles. The highest BCUT2D eigenvalue weighted by molar-refractivity contribution is 5.85. The van der Waals surface area contributed by atoms with Crippen molar-refractivity contribution < 1.29 is 4.79 Å². The molecule has 1 fully saturated rings. The zero-order valence-corrected chi connectivity index (χ0v) is 13.7. The van der Waals surface area contributed by atoms with Crippen molar-refractivity contribution in [3.05, 3.63) is 18.0 Å². The molecule has 0 saturated carbocycles. The van der Waals surface area contributed by atoms with E-state index < -0.39 is 0 Å². The number of aryl methyl sites for hydroxylation is 2. The van der Waals surface area contributed by atoms with E-state index in [0.717, 1.165) is 25.1 Å². The maximum atomic E-state index is 12.1. The minimum atomic E-state index is 0. The van der Waals surface area contributed by atoms with Gasteiger partial charge in [0.2, 0.25) is 5.91 Å². The summed E-state index contributed by atoms with van der Waals surface area (Å²) < 4.78 is 1.82. The molecule has 2 heterocycles. The number of hydrogen-bond acceptors (Lipinski definition) is 3. The lowest BCUT2D eigenvalue weighted by molar-refractivity contribution is -0.130. The highest BCUT2D eigenvalue weighted by atomic mass is 35.5. The van der Waals surface area contributed by atoms with Crippen LogP contribution in [0.1, 0.15) is 25.3 Å². The standard InChI is InChI=1S/C13H22N4O.2ClH/c1-11-7-15-17(8-11)5-3-12(18)16-6-4-13(2,9-14)10-16;;/h7-8H,3-6,9-10,14H2,1-2H3;2*1H. The topological polar surface area (TPSA) is 64.2 Å². The van der Waals surface area contributed by atoms with Crippen LogP contribution >= 0.6 is 24.8 Å². The van der Waals surface area contributed by atoms with E-state index in [1.807, 2.05) is 28.9 Å². The lowest BCUT2D eigenvalue weighted by atomic mass is 9.90. The number of carbonyl (C=O) groups excluding carboxylic acids is 1. The lowest BCUT2D eigenvalue weighted by Gasteiger charge is -2.22. The second-order valence-corrected chi connectivity index (χ2v) is 5.61. The number of aromatic nitrogens is 2. The van der Waals surface area contributed by atoms with Gasteiger partial charge in [-0.25, -0.2) is 0 Å². The summed E-state index contributed by atoms with van der Waals surface area (Å²) in [7, 11) is 0. The highest BCUT2D eigenvalue weighted by Gasteiger charge is 2.34. The number of nitrogens with two attached hydrogens (primary N) is 1. The number of rotatable bonds is 4. The van der Waals surface area contributed by atoms with E-state index in [0.29, 0.717) is 19.5 Å². The minimum Gasteiger partial charge on any atom is -0.342 e. The summed E-state index contributed by atoms with van der Waals surface area (Å²) >= 11 is 0. The first-order valence-corrected chi connectivity index (χ1v) is 6.49. The largest absolute Gasteiger partial charge is 0.342 e. The Kier molecular flexibility index (Phi) is 7.55. The van der Waals surface area contributed by atoms with E-state index in [1.54, 1.807) is 0 Å². The van der Waals surface area contributed by atoms with Crippen LogP contribution in [-0.2, 0) is 11.3 Å². The smallest absolute Gasteiger partial charge is 0.224 e. The number of halogens is 2. The van der Waals surface area contributed by atoms with Crippen molar-refractivity contribution in [2.75, 3.05) is 19.6 Å². The van der Waals surface area contributed by atoms with Crippen LogP contribution in [0.4, 0.5) is 0 Å². The van der Waals surface area contributed by atoms with Crippen LogP contribution in [0.3, 0.4) is 0 Å². The van der Waals surface area contributed by atoms with Gasteiger partial charge in [-0.15, -0.1) is 24.8 Å². The molecule has 2 N–H and O–H groups in total. The van der Waals surface area contributed by atoms with E-state index in [1.165, 1.54) is 0 Å². The fourth-order valence-corrected chi connectivity index (χ4v) is 2.36. The summed E-state index contributed by atoms with van der Waals surface area (Å²) in [6.07, 6.45) is 5.30. The van der Waals surface area contributed by atoms with Gasteiger partial charge in [0.05, 0.1) is 6.20 Å². The van der Waals surface area contributed by atoms with Crippen LogP contribution < -0.4 is 5.73 Å². The van der Waals surface area contributed by atoms with Crippen molar-refractivity contribution in [2.45, 2.75) is 33.2 Å². The van der Waals surface area contributed by atoms with E-state index in [4.69, 9.17) is 5.73 Å². The normalized spacial score (nSPS) is 21.2. The fraction of sp³-hybridized carbons (Fsp3) is 0.692. The molecule has 116 valence electrons. The minimum absolute atomic E-state index is 0. The zero-order valence-electron chi connectivity index (χ0n) is 12.0. The van der Waals surface area contributed by atoms with Gasteiger partial charge in [-0.3, -0.25) is 9.48 Å². The molecule has 5 nitrogen and oxygen atoms in total. The predicted octanol–water partition coefficient (Wildman–Crippen LogP) is 1.62. The molecule has 7 heteroatoms. The highest BCUT2D eigenvalue weighted by Crippen LogP contribution is 2.28. The molecule has 0 aromatic carbocycles. The van der Waals surface area contributed by atoms with E-state index >= 15 is 0 Å². The Balaban J connectivity index is 0.00000180. The van der Waals surface area contributed by atoms with Crippen LogP contribution in [0.2, 0.25) is 0 Å². The Labute approximate surface area is 132 Å². The van der Waals surface area contributed by atoms with Gasteiger partial charge >= 0.3 is 0 Å². The average molecular weight is 323 g/mol. The molecule has 1 unspecified atom stereocenters. The van der Waals surface area contributed by atoms with E-state index in [-0.39, 0.29) is 36.1 Å². The first-order valence-electron chi connectivity index (χ1n) is 6.49. The molecule has 1 atom stereocenters. The van der Waals surface area contributed by atoms with Gasteiger partial charge in [0, 0.05) is 32.3 Å². The van der Waals surface area contributed by atoms with Crippen molar-refractivity contribution in [3.8, 4) is 0 Å². The van der Waals surface area contributed by atoms with Crippen molar-refractivity contribution in [1.29, 1.82) is 0 Å². The van der Waals surface area contributed by atoms with Gasteiger partial charge in [0.15, 0.2) is 0 Å². The third-order valence-corrected chi connectivity index (χ3v) is 3.72. The molecule has 0 spiro atoms. The van der Waals surface area contributed by atoms with Gasteiger partial charge in [-0.2, -0.15) is 5.10 Å². The second-order valence-electron chi connectivity index (χ2n) is 5.61. The molecule has 1 aromatic rings. The molecule has 20 heavy (non-hydrogen) atoms. The quantitative estimate of drug-likeness (QED) is 0.916. The molecule has 0 aliphatic carbocycles. The Hall–Kier alpha value is -0.780.